The van der Waals surface area contributed by atoms with Crippen LogP contribution in [0.25, 0.3) is 0 Å². The molecule has 1 atom stereocenters. The summed E-state index contributed by atoms with van der Waals surface area (Å²) >= 11 is 0. The maximum Gasteiger partial charge on any atom is 0.335 e. The van der Waals surface area contributed by atoms with Crippen molar-refractivity contribution >= 4 is 29.2 Å². The summed E-state index contributed by atoms with van der Waals surface area (Å²) in [6, 6.07) is 9.20. The van der Waals surface area contributed by atoms with Gasteiger partial charge in [-0.15, -0.1) is 0 Å². The average molecular weight is 382 g/mol. The van der Waals surface area contributed by atoms with E-state index in [1.807, 2.05) is 32.0 Å². The van der Waals surface area contributed by atoms with Gasteiger partial charge in [-0.1, -0.05) is 25.1 Å². The van der Waals surface area contributed by atoms with E-state index in [0.29, 0.717) is 5.75 Å². The first-order valence-electron chi connectivity index (χ1n) is 9.05. The van der Waals surface area contributed by atoms with Crippen LogP contribution in [0.5, 0.6) is 5.75 Å². The minimum absolute atomic E-state index is 0.0156. The second kappa shape index (κ2) is 7.72. The highest BCUT2D eigenvalue weighted by molar-refractivity contribution is 6.07. The van der Waals surface area contributed by atoms with Crippen molar-refractivity contribution in [2.75, 3.05) is 16.8 Å². The molecule has 0 saturated carbocycles. The van der Waals surface area contributed by atoms with Crippen molar-refractivity contribution in [1.29, 1.82) is 0 Å². The second-order valence-electron chi connectivity index (χ2n) is 6.67. The van der Waals surface area contributed by atoms with E-state index in [1.54, 1.807) is 6.92 Å². The number of carbonyl (C=O) groups excluding carboxylic acids is 2. The van der Waals surface area contributed by atoms with E-state index in [2.05, 4.69) is 5.32 Å². The normalized spacial score (nSPS) is 14.1. The summed E-state index contributed by atoms with van der Waals surface area (Å²) < 4.78 is 5.39. The second-order valence-corrected chi connectivity index (χ2v) is 6.67. The van der Waals surface area contributed by atoms with E-state index in [4.69, 9.17) is 4.74 Å². The van der Waals surface area contributed by atoms with Crippen molar-refractivity contribution in [3.63, 3.8) is 0 Å². The van der Waals surface area contributed by atoms with Gasteiger partial charge in [-0.2, -0.15) is 0 Å². The van der Waals surface area contributed by atoms with Crippen molar-refractivity contribution in [1.82, 2.24) is 0 Å². The number of aryl methyl sites for hydroxylation is 2. The highest BCUT2D eigenvalue weighted by Crippen LogP contribution is 2.34. The quantitative estimate of drug-likeness (QED) is 0.829. The van der Waals surface area contributed by atoms with Gasteiger partial charge in [0.2, 0.25) is 5.91 Å². The highest BCUT2D eigenvalue weighted by Gasteiger charge is 2.34. The Morgan fingerprint density at radius 3 is 2.71 bits per heavy atom. The van der Waals surface area contributed by atoms with Crippen LogP contribution in [0.4, 0.5) is 11.4 Å². The molecule has 0 aromatic heterocycles. The molecule has 2 N–H and O–H groups in total. The molecule has 7 heteroatoms. The number of carboxylic acid groups (broad SMARTS) is 1. The molecule has 0 spiro atoms. The molecule has 1 heterocycles. The van der Waals surface area contributed by atoms with Gasteiger partial charge in [0.1, 0.15) is 11.8 Å². The minimum atomic E-state index is -1.12. The molecular formula is C21H22N2O5. The van der Waals surface area contributed by atoms with Gasteiger partial charge in [0.05, 0.1) is 11.3 Å². The van der Waals surface area contributed by atoms with Crippen LogP contribution in [0.2, 0.25) is 0 Å². The third kappa shape index (κ3) is 3.55. The van der Waals surface area contributed by atoms with Crippen molar-refractivity contribution in [2.24, 2.45) is 0 Å². The van der Waals surface area contributed by atoms with E-state index < -0.39 is 17.9 Å². The topological polar surface area (TPSA) is 95.9 Å². The van der Waals surface area contributed by atoms with Crippen molar-refractivity contribution in [3.05, 3.63) is 53.1 Å². The smallest absolute Gasteiger partial charge is 0.335 e. The fourth-order valence-electron chi connectivity index (χ4n) is 3.28. The number of anilines is 2. The SMILES string of the molecule is CCc1cccc(C)c1NC(=O)C(C)N1C(=O)COc2ccc(C(=O)O)cc21. The first kappa shape index (κ1) is 19.4. The number of aromatic carboxylic acids is 1. The van der Waals surface area contributed by atoms with Crippen molar-refractivity contribution in [2.45, 2.75) is 33.2 Å². The molecule has 1 unspecified atom stereocenters. The lowest BCUT2D eigenvalue weighted by Gasteiger charge is -2.33. The van der Waals surface area contributed by atoms with Gasteiger partial charge < -0.3 is 15.2 Å². The predicted octanol–water partition coefficient (Wildman–Crippen LogP) is 3.01. The molecule has 7 nitrogen and oxygen atoms in total. The Labute approximate surface area is 162 Å². The number of nitrogens with zero attached hydrogens (tertiary/aromatic N) is 1. The Bertz CT molecular complexity index is 954. The van der Waals surface area contributed by atoms with Crippen LogP contribution in [0.3, 0.4) is 0 Å². The number of para-hydroxylation sites is 1. The number of carbonyl (C=O) groups is 3. The molecule has 1 aliphatic rings. The fourth-order valence-corrected chi connectivity index (χ4v) is 3.28. The summed E-state index contributed by atoms with van der Waals surface area (Å²) in [5.74, 6) is -1.51. The molecule has 1 aliphatic heterocycles. The van der Waals surface area contributed by atoms with Gasteiger partial charge >= 0.3 is 5.97 Å². The average Bonchev–Trinajstić information content (AvgIpc) is 2.68. The van der Waals surface area contributed by atoms with Crippen LogP contribution >= 0.6 is 0 Å². The summed E-state index contributed by atoms with van der Waals surface area (Å²) in [6.45, 7) is 5.32. The number of amides is 2. The Morgan fingerprint density at radius 1 is 1.29 bits per heavy atom. The number of fused-ring (bicyclic) bond motifs is 1. The maximum absolute atomic E-state index is 12.9. The number of carboxylic acids is 1. The van der Waals surface area contributed by atoms with Gasteiger partial charge in [-0.25, -0.2) is 4.79 Å². The van der Waals surface area contributed by atoms with Crippen LogP contribution in [0.15, 0.2) is 36.4 Å². The first-order valence-corrected chi connectivity index (χ1v) is 9.05. The Kier molecular flexibility index (Phi) is 5.35. The van der Waals surface area contributed by atoms with Gasteiger partial charge in [-0.05, 0) is 49.6 Å². The monoisotopic (exact) mass is 382 g/mol. The molecule has 3 rings (SSSR count). The summed E-state index contributed by atoms with van der Waals surface area (Å²) in [5.41, 5.74) is 2.97. The molecule has 0 radical (unpaired) electrons. The van der Waals surface area contributed by atoms with E-state index >= 15 is 0 Å². The molecule has 0 bridgehead atoms. The molecule has 2 aromatic carbocycles. The van der Waals surface area contributed by atoms with Crippen molar-refractivity contribution in [3.8, 4) is 5.75 Å². The summed E-state index contributed by atoms with van der Waals surface area (Å²) in [4.78, 5) is 38.0. The maximum atomic E-state index is 12.9. The van der Waals surface area contributed by atoms with Crippen LogP contribution in [-0.2, 0) is 16.0 Å². The Morgan fingerprint density at radius 2 is 2.04 bits per heavy atom. The number of nitrogens with one attached hydrogen (secondary N) is 1. The number of hydrogen-bond donors (Lipinski definition) is 2. The van der Waals surface area contributed by atoms with Crippen LogP contribution in [-0.4, -0.2) is 35.5 Å². The van der Waals surface area contributed by atoms with Crippen molar-refractivity contribution < 1.29 is 24.2 Å². The van der Waals surface area contributed by atoms with E-state index in [-0.39, 0.29) is 23.8 Å². The lowest BCUT2D eigenvalue weighted by molar-refractivity contribution is -0.125. The molecule has 28 heavy (non-hydrogen) atoms. The van der Waals surface area contributed by atoms with Gasteiger partial charge in [-0.3, -0.25) is 14.5 Å². The third-order valence-corrected chi connectivity index (χ3v) is 4.84. The lowest BCUT2D eigenvalue weighted by Crippen LogP contribution is -2.49. The molecule has 0 aliphatic carbocycles. The number of hydrogen-bond acceptors (Lipinski definition) is 4. The number of ether oxygens (including phenoxy) is 1. The minimum Gasteiger partial charge on any atom is -0.482 e. The Hall–Kier alpha value is -3.35. The molecule has 2 amide bonds. The molecule has 0 fully saturated rings. The predicted molar refractivity (Wildman–Crippen MR) is 105 cm³/mol. The van der Waals surface area contributed by atoms with Gasteiger partial charge in [0.15, 0.2) is 6.61 Å². The zero-order valence-electron chi connectivity index (χ0n) is 16.0. The standard InChI is InChI=1S/C21H22N2O5/c1-4-14-7-5-6-12(2)19(14)22-20(25)13(3)23-16-10-15(21(26)27)8-9-17(16)28-11-18(23)24/h5-10,13H,4,11H2,1-3H3,(H,22,25)(H,26,27). The third-order valence-electron chi connectivity index (χ3n) is 4.84. The molecular weight excluding hydrogens is 360 g/mol. The zero-order valence-corrected chi connectivity index (χ0v) is 16.0. The van der Waals surface area contributed by atoms with Gasteiger partial charge in [0, 0.05) is 5.69 Å². The molecule has 0 saturated heterocycles. The van der Waals surface area contributed by atoms with E-state index in [9.17, 15) is 19.5 Å². The number of rotatable bonds is 5. The largest absolute Gasteiger partial charge is 0.482 e. The Balaban J connectivity index is 1.93. The first-order chi connectivity index (χ1) is 13.3. The van der Waals surface area contributed by atoms with Crippen LogP contribution < -0.4 is 15.0 Å². The molecule has 2 aromatic rings. The van der Waals surface area contributed by atoms with Gasteiger partial charge in [0.25, 0.3) is 5.91 Å². The summed E-state index contributed by atoms with van der Waals surface area (Å²) in [5, 5.41) is 12.2. The zero-order chi connectivity index (χ0) is 20.4. The fraction of sp³-hybridized carbons (Fsp3) is 0.286. The summed E-state index contributed by atoms with van der Waals surface area (Å²) in [7, 11) is 0. The van der Waals surface area contributed by atoms with Crippen LogP contribution in [0, 0.1) is 6.92 Å². The van der Waals surface area contributed by atoms with E-state index in [1.165, 1.54) is 23.1 Å². The van der Waals surface area contributed by atoms with Crippen LogP contribution in [0.1, 0.15) is 35.3 Å². The van der Waals surface area contributed by atoms with E-state index in [0.717, 1.165) is 23.2 Å². The summed E-state index contributed by atoms with van der Waals surface area (Å²) in [6.07, 6.45) is 0.757. The molecule has 146 valence electrons. The number of benzene rings is 2. The lowest BCUT2D eigenvalue weighted by atomic mass is 10.0. The highest BCUT2D eigenvalue weighted by atomic mass is 16.5.